The van der Waals surface area contributed by atoms with E-state index < -0.39 is 0 Å². The number of benzene rings is 2. The second-order valence-electron chi connectivity index (χ2n) is 5.27. The van der Waals surface area contributed by atoms with Gasteiger partial charge in [-0.25, -0.2) is 4.98 Å². The van der Waals surface area contributed by atoms with Gasteiger partial charge in [-0.3, -0.25) is 0 Å². The van der Waals surface area contributed by atoms with E-state index in [4.69, 9.17) is 0 Å². The fourth-order valence-electron chi connectivity index (χ4n) is 2.85. The topological polar surface area (TPSA) is 17.8 Å². The minimum atomic E-state index is 0.425. The van der Waals surface area contributed by atoms with Crippen molar-refractivity contribution in [3.05, 3.63) is 66.7 Å². The van der Waals surface area contributed by atoms with Crippen molar-refractivity contribution in [1.82, 2.24) is 9.55 Å². The molecule has 0 radical (unpaired) electrons. The van der Waals surface area contributed by atoms with Crippen LogP contribution in [0.1, 0.15) is 23.1 Å². The minimum absolute atomic E-state index is 0.425. The maximum atomic E-state index is 4.21. The molecule has 0 aliphatic carbocycles. The van der Waals surface area contributed by atoms with Gasteiger partial charge in [0.15, 0.2) is 0 Å². The van der Waals surface area contributed by atoms with Crippen molar-refractivity contribution in [2.45, 2.75) is 22.1 Å². The number of fused-ring (bicyclic) bond motifs is 1. The van der Waals surface area contributed by atoms with E-state index in [1.54, 1.807) is 0 Å². The molecule has 2 nitrogen and oxygen atoms in total. The molecule has 0 spiro atoms. The fourth-order valence-corrected chi connectivity index (χ4v) is 6.14. The number of hydrogen-bond acceptors (Lipinski definition) is 3. The van der Waals surface area contributed by atoms with Gasteiger partial charge in [0.25, 0.3) is 0 Å². The van der Waals surface area contributed by atoms with Crippen LogP contribution in [-0.2, 0) is 0 Å². The molecule has 21 heavy (non-hydrogen) atoms. The lowest BCUT2D eigenvalue weighted by Crippen LogP contribution is -2.07. The summed E-state index contributed by atoms with van der Waals surface area (Å²) in [4.78, 5) is 4.21. The first-order valence-corrected chi connectivity index (χ1v) is 8.97. The lowest BCUT2D eigenvalue weighted by atomic mass is 10.0. The van der Waals surface area contributed by atoms with Gasteiger partial charge in [-0.15, -0.1) is 23.5 Å². The summed E-state index contributed by atoms with van der Waals surface area (Å²) in [6.07, 6.45) is 5.88. The van der Waals surface area contributed by atoms with Crippen LogP contribution in [0.25, 0.3) is 10.8 Å². The van der Waals surface area contributed by atoms with E-state index >= 15 is 0 Å². The van der Waals surface area contributed by atoms with Crippen molar-refractivity contribution < 1.29 is 0 Å². The third-order valence-corrected chi connectivity index (χ3v) is 7.07. The average Bonchev–Trinajstić information content (AvgIpc) is 3.15. The molecule has 106 valence electrons. The first-order valence-electron chi connectivity index (χ1n) is 7.08. The Labute approximate surface area is 133 Å². The summed E-state index contributed by atoms with van der Waals surface area (Å²) in [5.41, 5.74) is 1.41. The van der Waals surface area contributed by atoms with Gasteiger partial charge in [0.2, 0.25) is 0 Å². The van der Waals surface area contributed by atoms with Crippen molar-refractivity contribution in [3.8, 4) is 0 Å². The fraction of sp³-hybridized carbons (Fsp3) is 0.235. The first kappa shape index (κ1) is 13.3. The van der Waals surface area contributed by atoms with Crippen LogP contribution in [0.2, 0.25) is 0 Å². The molecule has 0 amide bonds. The summed E-state index contributed by atoms with van der Waals surface area (Å²) in [5.74, 6) is 0. The predicted octanol–water partition coefficient (Wildman–Crippen LogP) is 5.10. The van der Waals surface area contributed by atoms with Crippen LogP contribution in [0.3, 0.4) is 0 Å². The Bertz CT molecular complexity index is 754. The Balaban J connectivity index is 1.75. The number of aromatic nitrogens is 2. The summed E-state index contributed by atoms with van der Waals surface area (Å²) in [6, 6.07) is 15.4. The lowest BCUT2D eigenvalue weighted by Gasteiger charge is -2.19. The highest BCUT2D eigenvalue weighted by Gasteiger charge is 2.35. The maximum Gasteiger partial charge on any atom is 0.0973 e. The zero-order chi connectivity index (χ0) is 14.2. The lowest BCUT2D eigenvalue weighted by molar-refractivity contribution is 0.670. The Hall–Kier alpha value is -1.39. The van der Waals surface area contributed by atoms with Gasteiger partial charge in [0, 0.05) is 12.4 Å². The highest BCUT2D eigenvalue weighted by Crippen LogP contribution is 2.57. The molecule has 1 aromatic heterocycles. The summed E-state index contributed by atoms with van der Waals surface area (Å²) in [5, 5.41) is 3.53. The van der Waals surface area contributed by atoms with Crippen molar-refractivity contribution in [3.63, 3.8) is 0 Å². The van der Waals surface area contributed by atoms with Crippen molar-refractivity contribution in [2.24, 2.45) is 0 Å². The molecule has 1 fully saturated rings. The van der Waals surface area contributed by atoms with E-state index in [1.807, 2.05) is 36.0 Å². The molecule has 0 N–H and O–H groups in total. The van der Waals surface area contributed by atoms with Gasteiger partial charge in [-0.05, 0) is 29.3 Å². The first-order chi connectivity index (χ1) is 10.3. The van der Waals surface area contributed by atoms with Crippen LogP contribution < -0.4 is 0 Å². The third-order valence-electron chi connectivity index (χ3n) is 3.85. The Morgan fingerprint density at radius 1 is 1.05 bits per heavy atom. The number of nitrogens with zero attached hydrogens (tertiary/aromatic N) is 2. The van der Waals surface area contributed by atoms with Crippen LogP contribution in [0, 0.1) is 0 Å². The van der Waals surface area contributed by atoms with Crippen LogP contribution in [0.4, 0.5) is 0 Å². The van der Waals surface area contributed by atoms with E-state index in [9.17, 15) is 0 Å². The monoisotopic (exact) mass is 312 g/mol. The Kier molecular flexibility index (Phi) is 3.43. The van der Waals surface area contributed by atoms with E-state index in [1.165, 1.54) is 16.3 Å². The Morgan fingerprint density at radius 2 is 1.90 bits per heavy atom. The molecule has 4 rings (SSSR count). The molecule has 1 aliphatic heterocycles. The number of rotatable bonds is 2. The molecule has 3 aromatic rings. The maximum absolute atomic E-state index is 4.21. The quantitative estimate of drug-likeness (QED) is 0.655. The van der Waals surface area contributed by atoms with Gasteiger partial charge < -0.3 is 4.57 Å². The highest BCUT2D eigenvalue weighted by molar-refractivity contribution is 8.20. The summed E-state index contributed by atoms with van der Waals surface area (Å²) in [6.45, 7) is 2.29. The summed E-state index contributed by atoms with van der Waals surface area (Å²) < 4.78 is 2.84. The predicted molar refractivity (Wildman–Crippen MR) is 92.6 cm³/mol. The zero-order valence-electron chi connectivity index (χ0n) is 11.7. The van der Waals surface area contributed by atoms with E-state index in [2.05, 4.69) is 65.1 Å². The summed E-state index contributed by atoms with van der Waals surface area (Å²) >= 11 is 4.07. The zero-order valence-corrected chi connectivity index (χ0v) is 13.3. The van der Waals surface area contributed by atoms with Gasteiger partial charge in [0.1, 0.15) is 0 Å². The highest BCUT2D eigenvalue weighted by atomic mass is 32.2. The molecule has 2 heterocycles. The van der Waals surface area contributed by atoms with Crippen LogP contribution in [0.5, 0.6) is 0 Å². The van der Waals surface area contributed by atoms with Gasteiger partial charge in [0.05, 0.1) is 21.5 Å². The van der Waals surface area contributed by atoms with E-state index in [-0.39, 0.29) is 0 Å². The molecule has 1 aliphatic rings. The van der Waals surface area contributed by atoms with Crippen LogP contribution >= 0.6 is 23.5 Å². The van der Waals surface area contributed by atoms with Gasteiger partial charge in [-0.2, -0.15) is 0 Å². The molecule has 0 saturated carbocycles. The third kappa shape index (κ3) is 2.47. The van der Waals surface area contributed by atoms with E-state index in [0.717, 1.165) is 0 Å². The second-order valence-corrected chi connectivity index (χ2v) is 8.52. The largest absolute Gasteiger partial charge is 0.323 e. The minimum Gasteiger partial charge on any atom is -0.323 e. The standard InChI is InChI=1S/C17H16N2S2/c1-12-20-16(17(21-12)19-9-8-18-11-19)15-7-6-13-4-2-3-5-14(13)10-15/h2-12,16-17H,1H3. The Morgan fingerprint density at radius 3 is 2.71 bits per heavy atom. The van der Waals surface area contributed by atoms with Gasteiger partial charge >= 0.3 is 0 Å². The molecular formula is C17H16N2S2. The number of thioether (sulfide) groups is 2. The molecule has 3 atom stereocenters. The smallest absolute Gasteiger partial charge is 0.0973 e. The molecule has 1 saturated heterocycles. The van der Waals surface area contributed by atoms with E-state index in [0.29, 0.717) is 15.2 Å². The molecule has 3 unspecified atom stereocenters. The SMILES string of the molecule is CC1SC(c2ccc3ccccc3c2)C(n2ccnc2)S1. The second kappa shape index (κ2) is 5.43. The molecule has 4 heteroatoms. The number of imidazole rings is 1. The number of hydrogen-bond donors (Lipinski definition) is 0. The van der Waals surface area contributed by atoms with Crippen LogP contribution in [0.15, 0.2) is 61.2 Å². The van der Waals surface area contributed by atoms with Crippen LogP contribution in [-0.4, -0.2) is 14.1 Å². The van der Waals surface area contributed by atoms with Gasteiger partial charge in [-0.1, -0.05) is 36.4 Å². The van der Waals surface area contributed by atoms with Crippen molar-refractivity contribution in [1.29, 1.82) is 0 Å². The molecular weight excluding hydrogens is 296 g/mol. The average molecular weight is 312 g/mol. The van der Waals surface area contributed by atoms with Crippen molar-refractivity contribution in [2.75, 3.05) is 0 Å². The molecule has 2 aromatic carbocycles. The van der Waals surface area contributed by atoms with Crippen molar-refractivity contribution >= 4 is 34.3 Å². The normalized spacial score (nSPS) is 25.5. The summed E-state index contributed by atoms with van der Waals surface area (Å²) in [7, 11) is 0. The molecule has 0 bridgehead atoms.